The summed E-state index contributed by atoms with van der Waals surface area (Å²) >= 11 is 0. The number of rotatable bonds is 10. The van der Waals surface area contributed by atoms with Crippen LogP contribution in [0.25, 0.3) is 11.2 Å². The minimum absolute atomic E-state index is 0. The van der Waals surface area contributed by atoms with Crippen LogP contribution in [0.5, 0.6) is 17.2 Å². The Labute approximate surface area is 287 Å². The van der Waals surface area contributed by atoms with Gasteiger partial charge in [-0.15, -0.1) is 29.9 Å². The molecule has 2 aromatic heterocycles. The van der Waals surface area contributed by atoms with Crippen molar-refractivity contribution in [3.63, 3.8) is 0 Å². The summed E-state index contributed by atoms with van der Waals surface area (Å²) in [5.41, 5.74) is 8.28. The van der Waals surface area contributed by atoms with E-state index in [9.17, 15) is 4.79 Å². The van der Waals surface area contributed by atoms with E-state index < -0.39 is 6.09 Å². The number of piperidine rings is 1. The number of amides is 1. The lowest BCUT2D eigenvalue weighted by molar-refractivity contribution is -0.106. The molecule has 47 heavy (non-hydrogen) atoms. The van der Waals surface area contributed by atoms with E-state index in [1.54, 1.807) is 17.2 Å². The number of anilines is 3. The van der Waals surface area contributed by atoms with E-state index in [2.05, 4.69) is 20.5 Å². The van der Waals surface area contributed by atoms with Gasteiger partial charge in [0.25, 0.3) is 0 Å². The second-order valence-corrected chi connectivity index (χ2v) is 12.2. The fraction of sp³-hybridized carbons (Fsp3) is 0.613. The first-order valence-electron chi connectivity index (χ1n) is 16.0. The number of methoxy groups -OCH3 is 3. The largest absolute Gasteiger partial charge is 0.493 e. The molecule has 3 heterocycles. The van der Waals surface area contributed by atoms with Crippen LogP contribution in [0.2, 0.25) is 0 Å². The molecule has 6 rings (SSSR count). The number of fused-ring (bicyclic) bond motifs is 1. The fourth-order valence-corrected chi connectivity index (χ4v) is 6.67. The predicted octanol–water partition coefficient (Wildman–Crippen LogP) is 5.53. The van der Waals surface area contributed by atoms with E-state index in [-0.39, 0.29) is 36.9 Å². The zero-order valence-corrected chi connectivity index (χ0v) is 28.8. The number of benzene rings is 1. The number of hydrogen-bond acceptors (Lipinski definition) is 12. The van der Waals surface area contributed by atoms with Crippen molar-refractivity contribution in [2.75, 3.05) is 50.4 Å². The van der Waals surface area contributed by atoms with Gasteiger partial charge in [0, 0.05) is 49.4 Å². The molecule has 0 radical (unpaired) electrons. The maximum atomic E-state index is 12.7. The van der Waals surface area contributed by atoms with Crippen LogP contribution in [-0.2, 0) is 4.84 Å². The van der Waals surface area contributed by atoms with Gasteiger partial charge in [-0.25, -0.2) is 9.78 Å². The van der Waals surface area contributed by atoms with Gasteiger partial charge in [-0.1, -0.05) is 12.8 Å². The van der Waals surface area contributed by atoms with Gasteiger partial charge >= 0.3 is 6.09 Å². The second-order valence-electron chi connectivity index (χ2n) is 12.2. The number of hydroxylamine groups is 2. The van der Waals surface area contributed by atoms with Crippen molar-refractivity contribution in [1.29, 1.82) is 0 Å². The van der Waals surface area contributed by atoms with Gasteiger partial charge in [0.15, 0.2) is 28.5 Å². The summed E-state index contributed by atoms with van der Waals surface area (Å²) < 4.78 is 18.3. The number of carbonyl (C=O) groups is 1. The summed E-state index contributed by atoms with van der Waals surface area (Å²) in [4.78, 5) is 33.0. The topological polar surface area (TPSA) is 163 Å². The highest BCUT2D eigenvalue weighted by atomic mass is 35.5. The normalized spacial score (nSPS) is 20.5. The summed E-state index contributed by atoms with van der Waals surface area (Å²) in [5, 5.41) is 11.7. The predicted molar refractivity (Wildman–Crippen MR) is 186 cm³/mol. The molecule has 5 N–H and O–H groups in total. The van der Waals surface area contributed by atoms with Gasteiger partial charge < -0.3 is 40.0 Å². The summed E-state index contributed by atoms with van der Waals surface area (Å²) in [6.07, 6.45) is 11.6. The van der Waals surface area contributed by atoms with E-state index in [4.69, 9.17) is 39.7 Å². The summed E-state index contributed by atoms with van der Waals surface area (Å²) in [6.45, 7) is 1.14. The van der Waals surface area contributed by atoms with Crippen molar-refractivity contribution in [3.8, 4) is 17.2 Å². The smallest absolute Gasteiger partial charge is 0.430 e. The molecule has 1 amide bonds. The molecule has 3 fully saturated rings. The molecule has 2 saturated carbocycles. The summed E-state index contributed by atoms with van der Waals surface area (Å²) in [5.74, 6) is 2.70. The molecule has 2 aliphatic carbocycles. The van der Waals surface area contributed by atoms with Gasteiger partial charge in [-0.2, -0.15) is 9.97 Å². The molecular weight excluding hydrogens is 649 g/mol. The van der Waals surface area contributed by atoms with Crippen LogP contribution in [0.3, 0.4) is 0 Å². The number of ether oxygens (including phenoxy) is 3. The monoisotopic (exact) mass is 695 g/mol. The molecule has 0 atom stereocenters. The maximum absolute atomic E-state index is 12.7. The first kappa shape index (κ1) is 36.4. The zero-order chi connectivity index (χ0) is 31.3. The average Bonchev–Trinajstić information content (AvgIpc) is 3.73. The summed E-state index contributed by atoms with van der Waals surface area (Å²) in [7, 11) is 4.58. The van der Waals surface area contributed by atoms with Crippen LogP contribution in [-0.4, -0.2) is 83.2 Å². The first-order valence-corrected chi connectivity index (χ1v) is 16.0. The number of hydrogen-bond donors (Lipinski definition) is 4. The fourth-order valence-electron chi connectivity index (χ4n) is 6.67. The van der Waals surface area contributed by atoms with Crippen LogP contribution in [0, 0.1) is 0 Å². The zero-order valence-electron chi connectivity index (χ0n) is 27.2. The molecule has 1 aliphatic heterocycles. The van der Waals surface area contributed by atoms with Crippen molar-refractivity contribution < 1.29 is 23.8 Å². The highest BCUT2D eigenvalue weighted by molar-refractivity contribution is 5.86. The molecule has 3 aromatic rings. The number of nitrogens with two attached hydrogens (primary N) is 1. The maximum Gasteiger partial charge on any atom is 0.430 e. The van der Waals surface area contributed by atoms with Gasteiger partial charge in [0.05, 0.1) is 33.3 Å². The summed E-state index contributed by atoms with van der Waals surface area (Å²) in [6, 6.07) is 4.46. The Balaban J connectivity index is 0.00000250. The van der Waals surface area contributed by atoms with E-state index in [1.165, 1.54) is 34.2 Å². The Morgan fingerprint density at radius 3 is 2.11 bits per heavy atom. The van der Waals surface area contributed by atoms with Gasteiger partial charge in [-0.05, 0) is 51.4 Å². The number of halogens is 2. The number of aromatic nitrogens is 4. The molecule has 0 unspecified atom stereocenters. The third-order valence-electron chi connectivity index (χ3n) is 9.16. The molecule has 260 valence electrons. The average molecular weight is 697 g/mol. The van der Waals surface area contributed by atoms with Crippen LogP contribution in [0.4, 0.5) is 22.2 Å². The molecule has 16 heteroatoms. The Hall–Kier alpha value is -3.46. The Bertz CT molecular complexity index is 1450. The SMILES string of the molecule is COc1cc(NC(=O)ON2CCC(Nc3nc(NC4CCC(N)CC4)nc4c3ncn4C3CCCC3)CC2)cc(OC)c1OC.Cl.Cl. The third kappa shape index (κ3) is 8.53. The van der Waals surface area contributed by atoms with Gasteiger partial charge in [0.2, 0.25) is 11.7 Å². The number of carbonyl (C=O) groups excluding carboxylic acids is 1. The molecule has 0 bridgehead atoms. The highest BCUT2D eigenvalue weighted by Crippen LogP contribution is 2.40. The lowest BCUT2D eigenvalue weighted by atomic mass is 9.92. The highest BCUT2D eigenvalue weighted by Gasteiger charge is 2.27. The lowest BCUT2D eigenvalue weighted by Crippen LogP contribution is -2.41. The molecule has 3 aliphatic rings. The Morgan fingerprint density at radius 2 is 1.49 bits per heavy atom. The molecule has 0 spiro atoms. The van der Waals surface area contributed by atoms with Crippen molar-refractivity contribution in [2.45, 2.75) is 88.4 Å². The van der Waals surface area contributed by atoms with E-state index in [1.807, 2.05) is 6.33 Å². The van der Waals surface area contributed by atoms with Crippen LogP contribution in [0.1, 0.15) is 70.3 Å². The van der Waals surface area contributed by atoms with Crippen molar-refractivity contribution in [2.24, 2.45) is 5.73 Å². The van der Waals surface area contributed by atoms with E-state index >= 15 is 0 Å². The standard InChI is InChI=1S/C31H45N9O5.2ClH/c1-42-24-16-22(17-25(43-2)27(24)44-3)36-31(41)45-39-14-12-21(13-15-39)34-28-26-29(40(18-33-26)23-6-4-5-7-23)38-30(37-28)35-20-10-8-19(32)9-11-20;;/h16-21,23H,4-15,32H2,1-3H3,(H,36,41)(H2,34,35,37,38);2*1H. The van der Waals surface area contributed by atoms with Crippen molar-refractivity contribution in [1.82, 2.24) is 24.6 Å². The van der Waals surface area contributed by atoms with Crippen molar-refractivity contribution >= 4 is 59.5 Å². The Morgan fingerprint density at radius 1 is 0.851 bits per heavy atom. The lowest BCUT2D eigenvalue weighted by Gasteiger charge is -2.31. The minimum atomic E-state index is -0.593. The number of nitrogens with zero attached hydrogens (tertiary/aromatic N) is 5. The molecule has 14 nitrogen and oxygen atoms in total. The second kappa shape index (κ2) is 16.6. The van der Waals surface area contributed by atoms with Crippen molar-refractivity contribution in [3.05, 3.63) is 18.5 Å². The number of nitrogens with one attached hydrogen (secondary N) is 3. The van der Waals surface area contributed by atoms with E-state index in [0.29, 0.717) is 54.1 Å². The molecule has 1 saturated heterocycles. The minimum Gasteiger partial charge on any atom is -0.493 e. The quantitative estimate of drug-likeness (QED) is 0.210. The Kier molecular flexibility index (Phi) is 12.8. The third-order valence-corrected chi connectivity index (χ3v) is 9.16. The number of imidazole rings is 1. The van der Waals surface area contributed by atoms with Crippen LogP contribution in [0.15, 0.2) is 18.5 Å². The van der Waals surface area contributed by atoms with Gasteiger partial charge in [-0.3, -0.25) is 5.32 Å². The van der Waals surface area contributed by atoms with Crippen LogP contribution >= 0.6 is 24.8 Å². The molecule has 1 aromatic carbocycles. The van der Waals surface area contributed by atoms with E-state index in [0.717, 1.165) is 68.3 Å². The van der Waals surface area contributed by atoms with Gasteiger partial charge in [0.1, 0.15) is 0 Å². The molecular formula is C31H47Cl2N9O5. The first-order chi connectivity index (χ1) is 21.9. The van der Waals surface area contributed by atoms with Crippen LogP contribution < -0.4 is 35.9 Å².